The van der Waals surface area contributed by atoms with Gasteiger partial charge < -0.3 is 4.74 Å². The second-order valence-corrected chi connectivity index (χ2v) is 7.04. The molecule has 2 amide bonds. The lowest BCUT2D eigenvalue weighted by Gasteiger charge is -2.17. The molecule has 140 valence electrons. The van der Waals surface area contributed by atoms with Gasteiger partial charge in [0.25, 0.3) is 5.91 Å². The number of hydrazine groups is 1. The summed E-state index contributed by atoms with van der Waals surface area (Å²) in [6.07, 6.45) is -0.762. The summed E-state index contributed by atoms with van der Waals surface area (Å²) in [6.45, 7) is 7.16. The van der Waals surface area contributed by atoms with Crippen molar-refractivity contribution in [2.45, 2.75) is 39.7 Å². The predicted molar refractivity (Wildman–Crippen MR) is 102 cm³/mol. The molecule has 0 aliphatic rings. The van der Waals surface area contributed by atoms with Crippen molar-refractivity contribution >= 4 is 27.7 Å². The van der Waals surface area contributed by atoms with E-state index in [-0.39, 0.29) is 5.91 Å². The van der Waals surface area contributed by atoms with Gasteiger partial charge in [0.05, 0.1) is 11.6 Å². The average molecular weight is 423 g/mol. The Bertz CT molecular complexity index is 819. The molecule has 7 nitrogen and oxygen atoms in total. The van der Waals surface area contributed by atoms with Crippen molar-refractivity contribution in [3.63, 3.8) is 0 Å². The zero-order valence-electron chi connectivity index (χ0n) is 15.5. The third-order valence-corrected chi connectivity index (χ3v) is 4.67. The van der Waals surface area contributed by atoms with Gasteiger partial charge in [0.2, 0.25) is 5.91 Å². The fraction of sp³-hybridized carbons (Fsp3) is 0.389. The predicted octanol–water partition coefficient (Wildman–Crippen LogP) is 2.52. The molecule has 0 fully saturated rings. The SMILES string of the molecule is Cc1nn(C)c(C)c1[C@H](C)C(=O)NNC(=O)[C@H](C)Oc1cccc(Br)c1. The molecule has 1 heterocycles. The number of carbonyl (C=O) groups is 2. The summed E-state index contributed by atoms with van der Waals surface area (Å²) in [4.78, 5) is 24.5. The first-order valence-corrected chi connectivity index (χ1v) is 9.02. The third kappa shape index (κ3) is 4.63. The number of carbonyl (C=O) groups excluding carboxylic acids is 2. The van der Waals surface area contributed by atoms with E-state index in [1.165, 1.54) is 0 Å². The van der Waals surface area contributed by atoms with Crippen LogP contribution in [0.5, 0.6) is 5.75 Å². The first-order valence-electron chi connectivity index (χ1n) is 8.22. The van der Waals surface area contributed by atoms with E-state index in [0.29, 0.717) is 5.75 Å². The first kappa shape index (κ1) is 20.0. The number of ether oxygens (including phenoxy) is 1. The number of nitrogens with zero attached hydrogens (tertiary/aromatic N) is 2. The van der Waals surface area contributed by atoms with E-state index in [1.807, 2.05) is 33.0 Å². The molecule has 1 aromatic heterocycles. The molecule has 0 aliphatic heterocycles. The van der Waals surface area contributed by atoms with Crippen LogP contribution in [0.1, 0.15) is 36.7 Å². The molecule has 26 heavy (non-hydrogen) atoms. The van der Waals surface area contributed by atoms with E-state index in [1.54, 1.807) is 30.7 Å². The fourth-order valence-corrected chi connectivity index (χ4v) is 3.06. The lowest BCUT2D eigenvalue weighted by atomic mass is 9.98. The van der Waals surface area contributed by atoms with Crippen LogP contribution < -0.4 is 15.6 Å². The van der Waals surface area contributed by atoms with Crippen LogP contribution >= 0.6 is 15.9 Å². The van der Waals surface area contributed by atoms with Gasteiger partial charge in [0.1, 0.15) is 5.75 Å². The fourth-order valence-electron chi connectivity index (χ4n) is 2.68. The Hall–Kier alpha value is -2.35. The first-order chi connectivity index (χ1) is 12.2. The van der Waals surface area contributed by atoms with E-state index in [2.05, 4.69) is 31.9 Å². The molecule has 0 radical (unpaired) electrons. The standard InChI is InChI=1S/C18H23BrN4O3/c1-10(16-11(2)22-23(5)12(16)3)17(24)20-21-18(25)13(4)26-15-8-6-7-14(19)9-15/h6-10,13H,1-5H3,(H,20,24)(H,21,25)/t10-,13-/m0/s1. The maximum absolute atomic E-state index is 12.4. The van der Waals surface area contributed by atoms with Gasteiger partial charge in [-0.2, -0.15) is 5.10 Å². The highest BCUT2D eigenvalue weighted by molar-refractivity contribution is 9.10. The minimum atomic E-state index is -0.762. The molecule has 0 saturated heterocycles. The lowest BCUT2D eigenvalue weighted by molar-refractivity contribution is -0.133. The Balaban J connectivity index is 1.92. The number of rotatable bonds is 5. The Morgan fingerprint density at radius 2 is 1.85 bits per heavy atom. The van der Waals surface area contributed by atoms with E-state index >= 15 is 0 Å². The van der Waals surface area contributed by atoms with Gasteiger partial charge >= 0.3 is 0 Å². The summed E-state index contributed by atoms with van der Waals surface area (Å²) in [5.74, 6) is -0.633. The number of nitrogens with one attached hydrogen (secondary N) is 2. The second-order valence-electron chi connectivity index (χ2n) is 6.13. The van der Waals surface area contributed by atoms with Crippen molar-refractivity contribution < 1.29 is 14.3 Å². The highest BCUT2D eigenvalue weighted by Gasteiger charge is 2.23. The molecule has 0 spiro atoms. The molecule has 2 atom stereocenters. The minimum absolute atomic E-state index is 0.313. The zero-order valence-corrected chi connectivity index (χ0v) is 17.0. The van der Waals surface area contributed by atoms with Gasteiger partial charge in [-0.25, -0.2) is 0 Å². The Labute approximate surface area is 161 Å². The van der Waals surface area contributed by atoms with Crippen LogP contribution in [0.2, 0.25) is 0 Å². The third-order valence-electron chi connectivity index (χ3n) is 4.18. The quantitative estimate of drug-likeness (QED) is 0.724. The van der Waals surface area contributed by atoms with E-state index in [4.69, 9.17) is 4.74 Å². The van der Waals surface area contributed by atoms with Gasteiger partial charge in [-0.3, -0.25) is 25.1 Å². The Kier molecular flexibility index (Phi) is 6.42. The number of aryl methyl sites for hydroxylation is 2. The summed E-state index contributed by atoms with van der Waals surface area (Å²) in [7, 11) is 1.83. The number of halogens is 1. The summed E-state index contributed by atoms with van der Waals surface area (Å²) in [6, 6.07) is 7.19. The molecule has 0 aliphatic carbocycles. The van der Waals surface area contributed by atoms with Crippen LogP contribution in [-0.2, 0) is 16.6 Å². The van der Waals surface area contributed by atoms with Crippen LogP contribution in [0.15, 0.2) is 28.7 Å². The van der Waals surface area contributed by atoms with Gasteiger partial charge in [0.15, 0.2) is 6.10 Å². The Morgan fingerprint density at radius 1 is 1.19 bits per heavy atom. The van der Waals surface area contributed by atoms with Crippen LogP contribution in [0.3, 0.4) is 0 Å². The van der Waals surface area contributed by atoms with Crippen LogP contribution in [0.25, 0.3) is 0 Å². The van der Waals surface area contributed by atoms with E-state index in [9.17, 15) is 9.59 Å². The van der Waals surface area contributed by atoms with Crippen molar-refractivity contribution in [2.24, 2.45) is 7.05 Å². The van der Waals surface area contributed by atoms with Crippen LogP contribution in [-0.4, -0.2) is 27.7 Å². The van der Waals surface area contributed by atoms with Crippen molar-refractivity contribution in [3.05, 3.63) is 45.7 Å². The summed E-state index contributed by atoms with van der Waals surface area (Å²) in [5.41, 5.74) is 7.44. The van der Waals surface area contributed by atoms with Gasteiger partial charge in [-0.05, 0) is 45.9 Å². The van der Waals surface area contributed by atoms with E-state index < -0.39 is 17.9 Å². The van der Waals surface area contributed by atoms with Crippen molar-refractivity contribution in [1.29, 1.82) is 0 Å². The molecule has 0 unspecified atom stereocenters. The number of amides is 2. The molecule has 0 saturated carbocycles. The van der Waals surface area contributed by atoms with Crippen LogP contribution in [0.4, 0.5) is 0 Å². The normalized spacial score (nSPS) is 13.0. The van der Waals surface area contributed by atoms with E-state index in [0.717, 1.165) is 21.4 Å². The van der Waals surface area contributed by atoms with Crippen molar-refractivity contribution in [2.75, 3.05) is 0 Å². The summed E-state index contributed by atoms with van der Waals surface area (Å²) < 4.78 is 8.16. The summed E-state index contributed by atoms with van der Waals surface area (Å²) in [5, 5.41) is 4.32. The molecule has 8 heteroatoms. The smallest absolute Gasteiger partial charge is 0.279 e. The molecule has 0 bridgehead atoms. The summed E-state index contributed by atoms with van der Waals surface area (Å²) >= 11 is 3.35. The lowest BCUT2D eigenvalue weighted by Crippen LogP contribution is -2.48. The van der Waals surface area contributed by atoms with Gasteiger partial charge in [-0.15, -0.1) is 0 Å². The van der Waals surface area contributed by atoms with Crippen LogP contribution in [0, 0.1) is 13.8 Å². The number of hydrogen-bond donors (Lipinski definition) is 2. The average Bonchev–Trinajstić information content (AvgIpc) is 2.83. The highest BCUT2D eigenvalue weighted by atomic mass is 79.9. The molecule has 1 aromatic carbocycles. The van der Waals surface area contributed by atoms with Crippen molar-refractivity contribution in [1.82, 2.24) is 20.6 Å². The maximum Gasteiger partial charge on any atom is 0.279 e. The van der Waals surface area contributed by atoms with Gasteiger partial charge in [-0.1, -0.05) is 22.0 Å². The zero-order chi connectivity index (χ0) is 19.4. The minimum Gasteiger partial charge on any atom is -0.481 e. The maximum atomic E-state index is 12.4. The molecule has 2 rings (SSSR count). The molecule has 2 aromatic rings. The monoisotopic (exact) mass is 422 g/mol. The number of benzene rings is 1. The Morgan fingerprint density at radius 3 is 2.42 bits per heavy atom. The topological polar surface area (TPSA) is 85.3 Å². The largest absolute Gasteiger partial charge is 0.481 e. The van der Waals surface area contributed by atoms with Crippen molar-refractivity contribution in [3.8, 4) is 5.75 Å². The van der Waals surface area contributed by atoms with Gasteiger partial charge in [0, 0.05) is 22.8 Å². The molecular weight excluding hydrogens is 400 g/mol. The second kappa shape index (κ2) is 8.35. The number of aromatic nitrogens is 2. The molecular formula is C18H23BrN4O3. The highest BCUT2D eigenvalue weighted by Crippen LogP contribution is 2.22. The number of hydrogen-bond acceptors (Lipinski definition) is 4. The molecule has 2 N–H and O–H groups in total.